The van der Waals surface area contributed by atoms with E-state index < -0.39 is 0 Å². The fourth-order valence-corrected chi connectivity index (χ4v) is 4.29. The number of hydrogen-bond acceptors (Lipinski definition) is 7. The van der Waals surface area contributed by atoms with Crippen LogP contribution in [0, 0.1) is 0 Å². The van der Waals surface area contributed by atoms with E-state index in [-0.39, 0.29) is 18.5 Å². The van der Waals surface area contributed by atoms with Crippen molar-refractivity contribution in [2.24, 2.45) is 0 Å². The van der Waals surface area contributed by atoms with Crippen molar-refractivity contribution in [1.82, 2.24) is 14.8 Å². The summed E-state index contributed by atoms with van der Waals surface area (Å²) in [6, 6.07) is 20.2. The van der Waals surface area contributed by atoms with Gasteiger partial charge >= 0.3 is 0 Å². The first-order valence-corrected chi connectivity index (χ1v) is 11.6. The number of fused-ring (bicyclic) bond motifs is 1. The number of benzene rings is 3. The number of amides is 1. The van der Waals surface area contributed by atoms with Crippen molar-refractivity contribution in [1.29, 1.82) is 0 Å². The molecule has 172 valence electrons. The first-order valence-electron chi connectivity index (χ1n) is 10.3. The molecule has 0 fully saturated rings. The summed E-state index contributed by atoms with van der Waals surface area (Å²) in [7, 11) is 1.62. The fraction of sp³-hybridized carbons (Fsp3) is 0.125. The van der Waals surface area contributed by atoms with E-state index in [0.29, 0.717) is 33.2 Å². The van der Waals surface area contributed by atoms with Gasteiger partial charge in [-0.3, -0.25) is 9.36 Å². The molecule has 0 spiro atoms. The van der Waals surface area contributed by atoms with E-state index in [2.05, 4.69) is 15.5 Å². The summed E-state index contributed by atoms with van der Waals surface area (Å²) in [6.45, 7) is 0.180. The number of carbonyl (C=O) groups is 1. The van der Waals surface area contributed by atoms with Crippen LogP contribution in [0.2, 0.25) is 5.02 Å². The van der Waals surface area contributed by atoms with Gasteiger partial charge in [0.25, 0.3) is 0 Å². The normalized spacial score (nSPS) is 11.9. The maximum Gasteiger partial charge on any atom is 0.234 e. The predicted molar refractivity (Wildman–Crippen MR) is 130 cm³/mol. The SMILES string of the molecule is COc1ccc(-n2c(SCC(=O)Nc3ccc4c(c3)OCO4)nnc2-c2ccc(Cl)cc2)cc1. The summed E-state index contributed by atoms with van der Waals surface area (Å²) in [6.07, 6.45) is 0. The molecule has 0 unspecified atom stereocenters. The molecular weight excluding hydrogens is 476 g/mol. The number of thioether (sulfide) groups is 1. The van der Waals surface area contributed by atoms with Gasteiger partial charge < -0.3 is 19.5 Å². The average molecular weight is 495 g/mol. The lowest BCUT2D eigenvalue weighted by molar-refractivity contribution is -0.113. The van der Waals surface area contributed by atoms with Crippen molar-refractivity contribution < 1.29 is 19.0 Å². The van der Waals surface area contributed by atoms with Gasteiger partial charge in [-0.15, -0.1) is 10.2 Å². The molecule has 0 bridgehead atoms. The number of rotatable bonds is 7. The minimum absolute atomic E-state index is 0.142. The molecule has 34 heavy (non-hydrogen) atoms. The van der Waals surface area contributed by atoms with Crippen molar-refractivity contribution in [2.45, 2.75) is 5.16 Å². The van der Waals surface area contributed by atoms with Crippen molar-refractivity contribution in [3.63, 3.8) is 0 Å². The summed E-state index contributed by atoms with van der Waals surface area (Å²) in [5.74, 6) is 2.61. The summed E-state index contributed by atoms with van der Waals surface area (Å²) in [5, 5.41) is 12.8. The molecule has 0 saturated carbocycles. The molecule has 0 aliphatic carbocycles. The van der Waals surface area contributed by atoms with E-state index in [9.17, 15) is 4.79 Å². The molecule has 5 rings (SSSR count). The van der Waals surface area contributed by atoms with E-state index in [0.717, 1.165) is 17.0 Å². The lowest BCUT2D eigenvalue weighted by atomic mass is 10.2. The van der Waals surface area contributed by atoms with Gasteiger partial charge in [-0.05, 0) is 60.7 Å². The molecule has 1 aromatic heterocycles. The molecule has 10 heteroatoms. The standard InChI is InChI=1S/C24H19ClN4O4S/c1-31-19-9-7-18(8-10-19)29-23(15-2-4-16(25)5-3-15)27-28-24(29)34-13-22(30)26-17-6-11-20-21(12-17)33-14-32-20/h2-12H,13-14H2,1H3,(H,26,30). The van der Waals surface area contributed by atoms with Crippen LogP contribution in [-0.2, 0) is 4.79 Å². The number of nitrogens with one attached hydrogen (secondary N) is 1. The first kappa shape index (κ1) is 22.1. The Morgan fingerprint density at radius 2 is 1.82 bits per heavy atom. The highest BCUT2D eigenvalue weighted by molar-refractivity contribution is 7.99. The van der Waals surface area contributed by atoms with Gasteiger partial charge in [0.2, 0.25) is 12.7 Å². The lowest BCUT2D eigenvalue weighted by Crippen LogP contribution is -2.14. The monoisotopic (exact) mass is 494 g/mol. The third-order valence-corrected chi connectivity index (χ3v) is 6.24. The van der Waals surface area contributed by atoms with Gasteiger partial charge in [-0.25, -0.2) is 0 Å². The van der Waals surface area contributed by atoms with Crippen LogP contribution in [0.4, 0.5) is 5.69 Å². The van der Waals surface area contributed by atoms with Crippen LogP contribution in [0.25, 0.3) is 17.1 Å². The van der Waals surface area contributed by atoms with Gasteiger partial charge in [-0.1, -0.05) is 23.4 Å². The number of ether oxygens (including phenoxy) is 3. The van der Waals surface area contributed by atoms with E-state index >= 15 is 0 Å². The van der Waals surface area contributed by atoms with Crippen LogP contribution >= 0.6 is 23.4 Å². The summed E-state index contributed by atoms with van der Waals surface area (Å²) >= 11 is 7.34. The molecule has 3 aromatic carbocycles. The molecule has 1 amide bonds. The van der Waals surface area contributed by atoms with E-state index in [1.54, 1.807) is 37.4 Å². The van der Waals surface area contributed by atoms with Gasteiger partial charge in [-0.2, -0.15) is 0 Å². The second-order valence-electron chi connectivity index (χ2n) is 7.25. The number of halogens is 1. The van der Waals surface area contributed by atoms with Crippen LogP contribution in [0.1, 0.15) is 0 Å². The minimum atomic E-state index is -0.179. The number of aromatic nitrogens is 3. The second kappa shape index (κ2) is 9.66. The Kier molecular flexibility index (Phi) is 6.29. The van der Waals surface area contributed by atoms with Gasteiger partial charge in [0.15, 0.2) is 22.5 Å². The maximum absolute atomic E-state index is 12.6. The van der Waals surface area contributed by atoms with Crippen LogP contribution in [0.15, 0.2) is 71.9 Å². The van der Waals surface area contributed by atoms with Crippen molar-refractivity contribution in [2.75, 3.05) is 25.0 Å². The summed E-state index contributed by atoms with van der Waals surface area (Å²) in [5.41, 5.74) is 2.33. The average Bonchev–Trinajstić information content (AvgIpc) is 3.50. The first-order chi connectivity index (χ1) is 16.6. The zero-order valence-electron chi connectivity index (χ0n) is 18.0. The number of carbonyl (C=O) groups excluding carboxylic acids is 1. The number of nitrogens with zero attached hydrogens (tertiary/aromatic N) is 3. The second-order valence-corrected chi connectivity index (χ2v) is 8.63. The quantitative estimate of drug-likeness (QED) is 0.359. The maximum atomic E-state index is 12.6. The molecule has 1 N–H and O–H groups in total. The van der Waals surface area contributed by atoms with Gasteiger partial charge in [0.1, 0.15) is 5.75 Å². The lowest BCUT2D eigenvalue weighted by Gasteiger charge is -2.11. The summed E-state index contributed by atoms with van der Waals surface area (Å²) in [4.78, 5) is 12.6. The summed E-state index contributed by atoms with van der Waals surface area (Å²) < 4.78 is 17.9. The third kappa shape index (κ3) is 4.66. The van der Waals surface area contributed by atoms with Crippen molar-refractivity contribution >= 4 is 35.0 Å². The Bertz CT molecular complexity index is 1330. The molecule has 0 radical (unpaired) electrons. The van der Waals surface area contributed by atoms with Gasteiger partial charge in [0, 0.05) is 28.0 Å². The largest absolute Gasteiger partial charge is 0.497 e. The van der Waals surface area contributed by atoms with Crippen LogP contribution in [0.3, 0.4) is 0 Å². The number of methoxy groups -OCH3 is 1. The number of anilines is 1. The molecule has 8 nitrogen and oxygen atoms in total. The highest BCUT2D eigenvalue weighted by Gasteiger charge is 2.18. The molecule has 0 atom stereocenters. The molecule has 2 heterocycles. The Morgan fingerprint density at radius 1 is 1.06 bits per heavy atom. The zero-order chi connectivity index (χ0) is 23.5. The Morgan fingerprint density at radius 3 is 2.59 bits per heavy atom. The molecule has 4 aromatic rings. The highest BCUT2D eigenvalue weighted by Crippen LogP contribution is 2.34. The van der Waals surface area contributed by atoms with Crippen LogP contribution in [-0.4, -0.2) is 40.3 Å². The fourth-order valence-electron chi connectivity index (χ4n) is 3.41. The van der Waals surface area contributed by atoms with E-state index in [4.69, 9.17) is 25.8 Å². The molecule has 1 aliphatic rings. The molecule has 1 aliphatic heterocycles. The predicted octanol–water partition coefficient (Wildman–Crippen LogP) is 5.06. The Hall–Kier alpha value is -3.69. The van der Waals surface area contributed by atoms with Gasteiger partial charge in [0.05, 0.1) is 12.9 Å². The number of hydrogen-bond donors (Lipinski definition) is 1. The molecular formula is C24H19ClN4O4S. The molecule has 0 saturated heterocycles. The zero-order valence-corrected chi connectivity index (χ0v) is 19.6. The highest BCUT2D eigenvalue weighted by atomic mass is 35.5. The van der Waals surface area contributed by atoms with Crippen molar-refractivity contribution in [3.8, 4) is 34.3 Å². The van der Waals surface area contributed by atoms with E-state index in [1.807, 2.05) is 41.0 Å². The topological polar surface area (TPSA) is 87.5 Å². The minimum Gasteiger partial charge on any atom is -0.497 e. The third-order valence-electron chi connectivity index (χ3n) is 5.06. The smallest absolute Gasteiger partial charge is 0.234 e. The van der Waals surface area contributed by atoms with Crippen LogP contribution in [0.5, 0.6) is 17.2 Å². The van der Waals surface area contributed by atoms with Crippen molar-refractivity contribution in [3.05, 3.63) is 71.8 Å². The Labute approximate surface area is 204 Å². The van der Waals surface area contributed by atoms with Crippen LogP contribution < -0.4 is 19.5 Å². The Balaban J connectivity index is 1.38. The van der Waals surface area contributed by atoms with E-state index in [1.165, 1.54) is 11.8 Å².